The zero-order chi connectivity index (χ0) is 18.2. The van der Waals surface area contributed by atoms with Gasteiger partial charge in [0.25, 0.3) is 0 Å². The number of aliphatic imine (C=N–C) groups is 1. The molecule has 0 amide bonds. The van der Waals surface area contributed by atoms with E-state index in [9.17, 15) is 0 Å². The van der Waals surface area contributed by atoms with E-state index in [2.05, 4.69) is 63.9 Å². The van der Waals surface area contributed by atoms with Crippen molar-refractivity contribution in [3.8, 4) is 0 Å². The summed E-state index contributed by atoms with van der Waals surface area (Å²) in [7, 11) is 0. The number of nitrogens with zero attached hydrogens (tertiary/aromatic N) is 2. The second-order valence-corrected chi connectivity index (χ2v) is 8.12. The van der Waals surface area contributed by atoms with Crippen LogP contribution in [0.3, 0.4) is 0 Å². The van der Waals surface area contributed by atoms with Gasteiger partial charge in [-0.25, -0.2) is 4.99 Å². The third kappa shape index (κ3) is 5.85. The molecular formula is C21H30N4S. The predicted octanol–water partition coefficient (Wildman–Crippen LogP) is 3.77. The molecule has 1 unspecified atom stereocenters. The summed E-state index contributed by atoms with van der Waals surface area (Å²) in [5.74, 6) is 0.521. The Kier molecular flexibility index (Phi) is 7.09. The molecule has 1 aromatic heterocycles. The predicted molar refractivity (Wildman–Crippen MR) is 112 cm³/mol. The topological polar surface area (TPSA) is 53.6 Å². The number of rotatable bonds is 7. The Morgan fingerprint density at radius 2 is 2.04 bits per heavy atom. The molecule has 3 rings (SSSR count). The number of guanidine groups is 1. The fourth-order valence-electron chi connectivity index (χ4n) is 3.38. The van der Waals surface area contributed by atoms with Gasteiger partial charge >= 0.3 is 0 Å². The smallest absolute Gasteiger partial charge is 0.188 e. The van der Waals surface area contributed by atoms with E-state index in [1.54, 1.807) is 11.3 Å². The number of benzene rings is 1. The Morgan fingerprint density at radius 1 is 1.23 bits per heavy atom. The number of hydrogen-bond acceptors (Lipinski definition) is 3. The Hall–Kier alpha value is -1.85. The van der Waals surface area contributed by atoms with Crippen molar-refractivity contribution in [2.45, 2.75) is 51.7 Å². The van der Waals surface area contributed by atoms with Crippen LogP contribution >= 0.6 is 11.3 Å². The highest BCUT2D eigenvalue weighted by atomic mass is 32.1. The zero-order valence-electron chi connectivity index (χ0n) is 15.7. The monoisotopic (exact) mass is 370 g/mol. The first-order valence-corrected chi connectivity index (χ1v) is 10.5. The lowest BCUT2D eigenvalue weighted by Gasteiger charge is -2.33. The summed E-state index contributed by atoms with van der Waals surface area (Å²) in [4.78, 5) is 8.40. The maximum absolute atomic E-state index is 5.97. The molecule has 0 saturated carbocycles. The molecule has 2 heterocycles. The van der Waals surface area contributed by atoms with Crippen LogP contribution in [-0.4, -0.2) is 30.0 Å². The Labute approximate surface area is 161 Å². The standard InChI is InChI=1S/C21H30N4S/c1-17-5-2-3-13-25(17)16-19-9-7-18(8-10-19)15-24-21(22)23-12-11-20-6-4-14-26-20/h4,6-10,14,17H,2-3,5,11-13,15-16H2,1H3,(H3,22,23,24). The number of thiophene rings is 1. The Morgan fingerprint density at radius 3 is 2.77 bits per heavy atom. The van der Waals surface area contributed by atoms with Crippen molar-refractivity contribution >= 4 is 17.3 Å². The molecule has 1 aromatic carbocycles. The first kappa shape index (κ1) is 18.9. The average molecular weight is 371 g/mol. The van der Waals surface area contributed by atoms with E-state index in [0.29, 0.717) is 18.5 Å². The van der Waals surface area contributed by atoms with Crippen molar-refractivity contribution in [2.24, 2.45) is 10.7 Å². The van der Waals surface area contributed by atoms with Crippen molar-refractivity contribution < 1.29 is 0 Å². The van der Waals surface area contributed by atoms with E-state index >= 15 is 0 Å². The minimum Gasteiger partial charge on any atom is -0.370 e. The summed E-state index contributed by atoms with van der Waals surface area (Å²) >= 11 is 1.77. The quantitative estimate of drug-likeness (QED) is 0.576. The van der Waals surface area contributed by atoms with Gasteiger partial charge < -0.3 is 11.1 Å². The van der Waals surface area contributed by atoms with Crippen molar-refractivity contribution in [3.05, 3.63) is 57.8 Å². The molecule has 1 aliphatic rings. The van der Waals surface area contributed by atoms with Gasteiger partial charge in [-0.05, 0) is 55.3 Å². The van der Waals surface area contributed by atoms with Crippen LogP contribution in [-0.2, 0) is 19.5 Å². The first-order valence-electron chi connectivity index (χ1n) is 9.59. The van der Waals surface area contributed by atoms with Gasteiger partial charge in [0, 0.05) is 24.0 Å². The van der Waals surface area contributed by atoms with Crippen LogP contribution in [0.4, 0.5) is 0 Å². The normalized spacial score (nSPS) is 18.8. The lowest BCUT2D eigenvalue weighted by atomic mass is 10.0. The molecule has 0 aliphatic carbocycles. The van der Waals surface area contributed by atoms with Crippen molar-refractivity contribution in [2.75, 3.05) is 13.1 Å². The summed E-state index contributed by atoms with van der Waals surface area (Å²) in [6.45, 7) is 6.07. The molecule has 2 aromatic rings. The number of piperidine rings is 1. The number of likely N-dealkylation sites (tertiary alicyclic amines) is 1. The highest BCUT2D eigenvalue weighted by Gasteiger charge is 2.17. The minimum atomic E-state index is 0.521. The second-order valence-electron chi connectivity index (χ2n) is 7.09. The molecule has 0 bridgehead atoms. The van der Waals surface area contributed by atoms with Gasteiger partial charge in [-0.15, -0.1) is 11.3 Å². The summed E-state index contributed by atoms with van der Waals surface area (Å²) in [5.41, 5.74) is 8.55. The number of nitrogens with two attached hydrogens (primary N) is 1. The molecule has 3 N–H and O–H groups in total. The maximum atomic E-state index is 5.97. The van der Waals surface area contributed by atoms with Gasteiger partial charge in [-0.1, -0.05) is 36.8 Å². The first-order chi connectivity index (χ1) is 12.7. The minimum absolute atomic E-state index is 0.521. The average Bonchev–Trinajstić information content (AvgIpc) is 3.16. The van der Waals surface area contributed by atoms with Gasteiger partial charge in [0.05, 0.1) is 6.54 Å². The van der Waals surface area contributed by atoms with Gasteiger partial charge in [-0.3, -0.25) is 4.90 Å². The maximum Gasteiger partial charge on any atom is 0.188 e. The summed E-state index contributed by atoms with van der Waals surface area (Å²) < 4.78 is 0. The largest absolute Gasteiger partial charge is 0.370 e. The second kappa shape index (κ2) is 9.74. The van der Waals surface area contributed by atoms with Crippen molar-refractivity contribution in [3.63, 3.8) is 0 Å². The SMILES string of the molecule is CC1CCCCN1Cc1ccc(CN=C(N)NCCc2cccs2)cc1. The molecular weight excluding hydrogens is 340 g/mol. The van der Waals surface area contributed by atoms with Crippen molar-refractivity contribution in [1.82, 2.24) is 10.2 Å². The van der Waals surface area contributed by atoms with Crippen LogP contribution < -0.4 is 11.1 Å². The molecule has 1 atom stereocenters. The molecule has 140 valence electrons. The van der Waals surface area contributed by atoms with E-state index < -0.39 is 0 Å². The third-order valence-electron chi connectivity index (χ3n) is 5.04. The van der Waals surface area contributed by atoms with Crippen LogP contribution in [0.1, 0.15) is 42.2 Å². The lowest BCUT2D eigenvalue weighted by molar-refractivity contribution is 0.152. The molecule has 1 saturated heterocycles. The summed E-state index contributed by atoms with van der Waals surface area (Å²) in [6.07, 6.45) is 5.01. The molecule has 0 spiro atoms. The van der Waals surface area contributed by atoms with Crippen LogP contribution in [0.25, 0.3) is 0 Å². The zero-order valence-corrected chi connectivity index (χ0v) is 16.5. The van der Waals surface area contributed by atoms with Crippen LogP contribution in [0.2, 0.25) is 0 Å². The highest BCUT2D eigenvalue weighted by molar-refractivity contribution is 7.09. The molecule has 4 nitrogen and oxygen atoms in total. The molecule has 26 heavy (non-hydrogen) atoms. The van der Waals surface area contributed by atoms with E-state index in [-0.39, 0.29) is 0 Å². The molecule has 5 heteroatoms. The van der Waals surface area contributed by atoms with E-state index in [1.807, 2.05) is 0 Å². The van der Waals surface area contributed by atoms with Gasteiger partial charge in [-0.2, -0.15) is 0 Å². The summed E-state index contributed by atoms with van der Waals surface area (Å²) in [5, 5.41) is 5.29. The van der Waals surface area contributed by atoms with Crippen LogP contribution in [0, 0.1) is 0 Å². The van der Waals surface area contributed by atoms with Crippen LogP contribution in [0.15, 0.2) is 46.8 Å². The van der Waals surface area contributed by atoms with Crippen LogP contribution in [0.5, 0.6) is 0 Å². The highest BCUT2D eigenvalue weighted by Crippen LogP contribution is 2.19. The van der Waals surface area contributed by atoms with E-state index in [1.165, 1.54) is 41.8 Å². The van der Waals surface area contributed by atoms with E-state index in [4.69, 9.17) is 5.73 Å². The number of hydrogen-bond donors (Lipinski definition) is 2. The van der Waals surface area contributed by atoms with Gasteiger partial charge in [0.2, 0.25) is 0 Å². The molecule has 1 aliphatic heterocycles. The van der Waals surface area contributed by atoms with E-state index in [0.717, 1.165) is 19.5 Å². The third-order valence-corrected chi connectivity index (χ3v) is 5.97. The summed E-state index contributed by atoms with van der Waals surface area (Å²) in [6, 6.07) is 13.7. The Balaban J connectivity index is 1.43. The molecule has 0 radical (unpaired) electrons. The fraction of sp³-hybridized carbons (Fsp3) is 0.476. The van der Waals surface area contributed by atoms with Crippen molar-refractivity contribution in [1.29, 1.82) is 0 Å². The Bertz CT molecular complexity index is 679. The number of nitrogens with one attached hydrogen (secondary N) is 1. The van der Waals surface area contributed by atoms with Gasteiger partial charge in [0.1, 0.15) is 0 Å². The fourth-order valence-corrected chi connectivity index (χ4v) is 4.09. The lowest BCUT2D eigenvalue weighted by Crippen LogP contribution is -2.36. The van der Waals surface area contributed by atoms with Gasteiger partial charge in [0.15, 0.2) is 5.96 Å². The molecule has 1 fully saturated rings.